The van der Waals surface area contributed by atoms with E-state index in [0.29, 0.717) is 0 Å². The van der Waals surface area contributed by atoms with Gasteiger partial charge in [0.1, 0.15) is 17.9 Å². The monoisotopic (exact) mass is 347 g/mol. The van der Waals surface area contributed by atoms with Gasteiger partial charge >= 0.3 is 5.97 Å². The van der Waals surface area contributed by atoms with Gasteiger partial charge in [0.05, 0.1) is 0 Å². The summed E-state index contributed by atoms with van der Waals surface area (Å²) < 4.78 is 6.25. The number of benzene rings is 3. The molecule has 1 atom stereocenters. The van der Waals surface area contributed by atoms with E-state index in [9.17, 15) is 4.79 Å². The predicted octanol–water partition coefficient (Wildman–Crippen LogP) is 3.81. The van der Waals surface area contributed by atoms with Gasteiger partial charge in [-0.15, -0.1) is 0 Å². The van der Waals surface area contributed by atoms with E-state index in [2.05, 4.69) is 0 Å². The van der Waals surface area contributed by atoms with Crippen molar-refractivity contribution in [2.75, 3.05) is 0 Å². The van der Waals surface area contributed by atoms with Crippen LogP contribution in [0.5, 0.6) is 5.75 Å². The molecule has 26 heavy (non-hydrogen) atoms. The molecule has 0 saturated carbocycles. The fourth-order valence-electron chi connectivity index (χ4n) is 2.77. The van der Waals surface area contributed by atoms with Crippen molar-refractivity contribution in [1.82, 2.24) is 0 Å². The molecule has 0 unspecified atom stereocenters. The maximum absolute atomic E-state index is 10.9. The number of ether oxygens (including phenoxy) is 1. The summed E-state index contributed by atoms with van der Waals surface area (Å²) >= 11 is 0. The normalized spacial score (nSPS) is 11.9. The maximum atomic E-state index is 10.9. The zero-order valence-corrected chi connectivity index (χ0v) is 14.3. The van der Waals surface area contributed by atoms with Crippen molar-refractivity contribution in [3.8, 4) is 5.75 Å². The van der Waals surface area contributed by atoms with Gasteiger partial charge in [0.2, 0.25) is 0 Å². The average molecular weight is 347 g/mol. The molecule has 0 spiro atoms. The predicted molar refractivity (Wildman–Crippen MR) is 101 cm³/mol. The molecular formula is C22H21NO3. The van der Waals surface area contributed by atoms with Crippen LogP contribution in [0.4, 0.5) is 0 Å². The quantitative estimate of drug-likeness (QED) is 0.682. The van der Waals surface area contributed by atoms with Crippen molar-refractivity contribution in [3.63, 3.8) is 0 Å². The van der Waals surface area contributed by atoms with Crippen LogP contribution >= 0.6 is 0 Å². The van der Waals surface area contributed by atoms with Gasteiger partial charge in [-0.3, -0.25) is 4.79 Å². The molecule has 3 aromatic carbocycles. The van der Waals surface area contributed by atoms with Crippen LogP contribution < -0.4 is 10.5 Å². The first-order valence-corrected chi connectivity index (χ1v) is 8.47. The van der Waals surface area contributed by atoms with Gasteiger partial charge in [-0.05, 0) is 35.2 Å². The highest BCUT2D eigenvalue weighted by atomic mass is 16.5. The maximum Gasteiger partial charge on any atom is 0.320 e. The third kappa shape index (κ3) is 4.49. The second kappa shape index (κ2) is 8.32. The van der Waals surface area contributed by atoms with Gasteiger partial charge in [0, 0.05) is 0 Å². The molecule has 3 rings (SSSR count). The minimum atomic E-state index is -1.00. The van der Waals surface area contributed by atoms with E-state index in [1.807, 2.05) is 84.9 Å². The molecule has 0 fully saturated rings. The van der Waals surface area contributed by atoms with Crippen molar-refractivity contribution < 1.29 is 14.6 Å². The fourth-order valence-corrected chi connectivity index (χ4v) is 2.77. The molecule has 0 amide bonds. The van der Waals surface area contributed by atoms with Crippen LogP contribution in [-0.2, 0) is 11.2 Å². The van der Waals surface area contributed by atoms with E-state index in [-0.39, 0.29) is 12.5 Å². The lowest BCUT2D eigenvalue weighted by molar-refractivity contribution is -0.138. The van der Waals surface area contributed by atoms with Crippen molar-refractivity contribution >= 4 is 5.97 Å². The lowest BCUT2D eigenvalue weighted by atomic mass is 10.0. The summed E-state index contributed by atoms with van der Waals surface area (Å²) in [6.07, 6.45) is 0.0701. The van der Waals surface area contributed by atoms with E-state index in [0.717, 1.165) is 22.4 Å². The molecule has 0 aliphatic heterocycles. The summed E-state index contributed by atoms with van der Waals surface area (Å²) in [5.41, 5.74) is 8.58. The molecule has 0 heterocycles. The zero-order valence-electron chi connectivity index (χ0n) is 14.3. The van der Waals surface area contributed by atoms with Gasteiger partial charge in [-0.1, -0.05) is 72.8 Å². The Labute approximate surface area is 152 Å². The molecule has 4 nitrogen and oxygen atoms in total. The Morgan fingerprint density at radius 1 is 0.846 bits per heavy atom. The summed E-state index contributed by atoms with van der Waals surface area (Å²) in [6.45, 7) is 0. The van der Waals surface area contributed by atoms with Gasteiger partial charge < -0.3 is 15.6 Å². The van der Waals surface area contributed by atoms with Crippen LogP contribution in [-0.4, -0.2) is 17.1 Å². The molecule has 4 heteroatoms. The Balaban J connectivity index is 1.80. The SMILES string of the molecule is N[C@@H](Cc1ccc(OC(c2ccccc2)c2ccccc2)cc1)C(=O)O. The minimum absolute atomic E-state index is 0.218. The molecule has 0 aliphatic rings. The third-order valence-electron chi connectivity index (χ3n) is 4.15. The van der Waals surface area contributed by atoms with Crippen molar-refractivity contribution in [2.24, 2.45) is 5.73 Å². The van der Waals surface area contributed by atoms with Crippen LogP contribution in [0.25, 0.3) is 0 Å². The van der Waals surface area contributed by atoms with Crippen molar-refractivity contribution in [3.05, 3.63) is 102 Å². The zero-order chi connectivity index (χ0) is 18.4. The molecule has 3 aromatic rings. The number of nitrogens with two attached hydrogens (primary N) is 1. The first-order valence-electron chi connectivity index (χ1n) is 8.47. The number of carboxylic acids is 1. The highest BCUT2D eigenvalue weighted by Gasteiger charge is 2.16. The Hall–Kier alpha value is -3.11. The topological polar surface area (TPSA) is 72.5 Å². The van der Waals surface area contributed by atoms with E-state index in [4.69, 9.17) is 15.6 Å². The highest BCUT2D eigenvalue weighted by Crippen LogP contribution is 2.28. The largest absolute Gasteiger partial charge is 0.481 e. The van der Waals surface area contributed by atoms with Gasteiger partial charge in [0.25, 0.3) is 0 Å². The molecular weight excluding hydrogens is 326 g/mol. The third-order valence-corrected chi connectivity index (χ3v) is 4.15. The number of aliphatic carboxylic acids is 1. The lowest BCUT2D eigenvalue weighted by Crippen LogP contribution is -2.32. The Kier molecular flexibility index (Phi) is 5.66. The van der Waals surface area contributed by atoms with Crippen molar-refractivity contribution in [1.29, 1.82) is 0 Å². The number of rotatable bonds is 7. The van der Waals surface area contributed by atoms with Crippen LogP contribution in [0.3, 0.4) is 0 Å². The Morgan fingerprint density at radius 2 is 1.35 bits per heavy atom. The number of carbonyl (C=O) groups is 1. The minimum Gasteiger partial charge on any atom is -0.481 e. The molecule has 0 aromatic heterocycles. The van der Waals surface area contributed by atoms with Gasteiger partial charge in [-0.25, -0.2) is 0 Å². The van der Waals surface area contributed by atoms with Crippen LogP contribution in [0.2, 0.25) is 0 Å². The molecule has 132 valence electrons. The van der Waals surface area contributed by atoms with Crippen LogP contribution in [0, 0.1) is 0 Å². The first kappa shape index (κ1) is 17.7. The highest BCUT2D eigenvalue weighted by molar-refractivity contribution is 5.73. The molecule has 0 bridgehead atoms. The average Bonchev–Trinajstić information content (AvgIpc) is 2.68. The van der Waals surface area contributed by atoms with Crippen LogP contribution in [0.1, 0.15) is 22.8 Å². The van der Waals surface area contributed by atoms with Gasteiger partial charge in [-0.2, -0.15) is 0 Å². The summed E-state index contributed by atoms with van der Waals surface area (Å²) in [5.74, 6) is -0.283. The van der Waals surface area contributed by atoms with E-state index in [1.165, 1.54) is 0 Å². The second-order valence-electron chi connectivity index (χ2n) is 6.11. The summed E-state index contributed by atoms with van der Waals surface area (Å²) in [6, 6.07) is 26.6. The first-order chi connectivity index (χ1) is 12.6. The molecule has 0 aliphatic carbocycles. The number of hydrogen-bond acceptors (Lipinski definition) is 3. The standard InChI is InChI=1S/C22H21NO3/c23-20(22(24)25)15-16-11-13-19(14-12-16)26-21(17-7-3-1-4-8-17)18-9-5-2-6-10-18/h1-14,20-21H,15,23H2,(H,24,25)/t20-/m0/s1. The van der Waals surface area contributed by atoms with Gasteiger partial charge in [0.15, 0.2) is 0 Å². The Bertz CT molecular complexity index is 793. The van der Waals surface area contributed by atoms with E-state index >= 15 is 0 Å². The van der Waals surface area contributed by atoms with Crippen LogP contribution in [0.15, 0.2) is 84.9 Å². The molecule has 0 radical (unpaired) electrons. The number of hydrogen-bond donors (Lipinski definition) is 2. The summed E-state index contributed by atoms with van der Waals surface area (Å²) in [4.78, 5) is 10.9. The molecule has 3 N–H and O–H groups in total. The lowest BCUT2D eigenvalue weighted by Gasteiger charge is -2.20. The Morgan fingerprint density at radius 3 is 1.81 bits per heavy atom. The van der Waals surface area contributed by atoms with Crippen molar-refractivity contribution in [2.45, 2.75) is 18.6 Å². The smallest absolute Gasteiger partial charge is 0.320 e. The summed E-state index contributed by atoms with van der Waals surface area (Å²) in [5, 5.41) is 8.92. The second-order valence-corrected chi connectivity index (χ2v) is 6.11. The van der Waals surface area contributed by atoms with E-state index < -0.39 is 12.0 Å². The van der Waals surface area contributed by atoms with E-state index in [1.54, 1.807) is 0 Å². The summed E-state index contributed by atoms with van der Waals surface area (Å²) in [7, 11) is 0. The molecule has 0 saturated heterocycles. The number of carboxylic acid groups (broad SMARTS) is 1. The fraction of sp³-hybridized carbons (Fsp3) is 0.136.